The summed E-state index contributed by atoms with van der Waals surface area (Å²) in [5.41, 5.74) is 2.18. The Morgan fingerprint density at radius 2 is 2.07 bits per heavy atom. The number of nitro groups is 1. The second-order valence-electron chi connectivity index (χ2n) is 5.70. The highest BCUT2D eigenvalue weighted by molar-refractivity contribution is 7.99. The van der Waals surface area contributed by atoms with Crippen LogP contribution >= 0.6 is 11.8 Å². The molecule has 0 aliphatic carbocycles. The lowest BCUT2D eigenvalue weighted by atomic mass is 10.2. The Labute approximate surface area is 163 Å². The van der Waals surface area contributed by atoms with Crippen LogP contribution < -0.4 is 5.32 Å². The molecule has 9 nitrogen and oxygen atoms in total. The topological polar surface area (TPSA) is 125 Å². The first-order valence-corrected chi connectivity index (χ1v) is 9.10. The number of hydrogen-bond acceptors (Lipinski definition) is 8. The minimum absolute atomic E-state index is 0.0589. The summed E-state index contributed by atoms with van der Waals surface area (Å²) < 4.78 is 10.4. The van der Waals surface area contributed by atoms with Crippen LogP contribution in [-0.4, -0.2) is 34.1 Å². The molecule has 28 heavy (non-hydrogen) atoms. The number of nitrogens with one attached hydrogen (secondary N) is 1. The second kappa shape index (κ2) is 8.53. The van der Waals surface area contributed by atoms with Crippen molar-refractivity contribution in [3.8, 4) is 0 Å². The van der Waals surface area contributed by atoms with Crippen LogP contribution in [0.15, 0.2) is 52.1 Å². The van der Waals surface area contributed by atoms with Crippen molar-refractivity contribution in [3.63, 3.8) is 0 Å². The minimum atomic E-state index is -0.595. The fourth-order valence-electron chi connectivity index (χ4n) is 2.31. The van der Waals surface area contributed by atoms with Crippen molar-refractivity contribution < 1.29 is 23.7 Å². The van der Waals surface area contributed by atoms with Crippen molar-refractivity contribution in [2.24, 2.45) is 0 Å². The number of aryl methyl sites for hydroxylation is 1. The van der Waals surface area contributed by atoms with Crippen LogP contribution in [0.1, 0.15) is 5.56 Å². The van der Waals surface area contributed by atoms with E-state index in [1.165, 1.54) is 18.2 Å². The van der Waals surface area contributed by atoms with E-state index in [0.29, 0.717) is 27.6 Å². The summed E-state index contributed by atoms with van der Waals surface area (Å²) in [6.07, 6.45) is 0. The van der Waals surface area contributed by atoms with Crippen LogP contribution in [0.25, 0.3) is 11.1 Å². The molecule has 0 saturated carbocycles. The number of fused-ring (bicyclic) bond motifs is 1. The maximum Gasteiger partial charge on any atom is 0.316 e. The van der Waals surface area contributed by atoms with Gasteiger partial charge in [-0.25, -0.2) is 4.98 Å². The third-order valence-corrected chi connectivity index (χ3v) is 4.45. The van der Waals surface area contributed by atoms with Gasteiger partial charge in [-0.05, 0) is 30.7 Å². The van der Waals surface area contributed by atoms with E-state index in [1.807, 2.05) is 12.1 Å². The van der Waals surface area contributed by atoms with Crippen molar-refractivity contribution in [3.05, 3.63) is 58.1 Å². The van der Waals surface area contributed by atoms with Gasteiger partial charge in [-0.2, -0.15) is 0 Å². The first-order chi connectivity index (χ1) is 13.4. The molecule has 3 rings (SSSR count). The molecule has 0 radical (unpaired) electrons. The summed E-state index contributed by atoms with van der Waals surface area (Å²) in [5, 5.41) is 13.6. The van der Waals surface area contributed by atoms with Gasteiger partial charge in [0.1, 0.15) is 11.3 Å². The Morgan fingerprint density at radius 3 is 2.79 bits per heavy atom. The Morgan fingerprint density at radius 1 is 1.29 bits per heavy atom. The lowest BCUT2D eigenvalue weighted by Crippen LogP contribution is -2.22. The fourth-order valence-corrected chi connectivity index (χ4v) is 2.95. The number of carbonyl (C=O) groups is 2. The highest BCUT2D eigenvalue weighted by atomic mass is 32.2. The number of carbonyl (C=O) groups excluding carboxylic acids is 2. The van der Waals surface area contributed by atoms with Crippen LogP contribution in [0.4, 0.5) is 11.4 Å². The Kier molecular flexibility index (Phi) is 5.90. The standard InChI is InChI=1S/C18H15N3O6S/c1-11-8-12(21(24)25)6-7-13(11)19-16(22)9-26-17(23)10-28-18-20-14-4-2-3-5-15(14)27-18/h2-8H,9-10H2,1H3,(H,19,22). The largest absolute Gasteiger partial charge is 0.455 e. The summed E-state index contributed by atoms with van der Waals surface area (Å²) >= 11 is 1.07. The minimum Gasteiger partial charge on any atom is -0.455 e. The van der Waals surface area contributed by atoms with Crippen molar-refractivity contribution in [1.82, 2.24) is 4.98 Å². The lowest BCUT2D eigenvalue weighted by Gasteiger charge is -2.08. The van der Waals surface area contributed by atoms with E-state index in [9.17, 15) is 19.7 Å². The maximum absolute atomic E-state index is 11.9. The van der Waals surface area contributed by atoms with Gasteiger partial charge in [0.15, 0.2) is 12.2 Å². The van der Waals surface area contributed by atoms with Crippen molar-refractivity contribution >= 4 is 46.1 Å². The van der Waals surface area contributed by atoms with Crippen molar-refractivity contribution in [2.45, 2.75) is 12.1 Å². The van der Waals surface area contributed by atoms with Crippen LogP contribution in [0.3, 0.4) is 0 Å². The number of para-hydroxylation sites is 2. The van der Waals surface area contributed by atoms with E-state index >= 15 is 0 Å². The first-order valence-electron chi connectivity index (χ1n) is 8.11. The van der Waals surface area contributed by atoms with Gasteiger partial charge < -0.3 is 14.5 Å². The predicted octanol–water partition coefficient (Wildman–Crippen LogP) is 3.32. The van der Waals surface area contributed by atoms with Gasteiger partial charge in [0.05, 0.1) is 4.92 Å². The summed E-state index contributed by atoms with van der Waals surface area (Å²) in [7, 11) is 0. The van der Waals surface area contributed by atoms with E-state index in [2.05, 4.69) is 10.3 Å². The summed E-state index contributed by atoms with van der Waals surface area (Å²) in [4.78, 5) is 38.2. The van der Waals surface area contributed by atoms with Crippen LogP contribution in [-0.2, 0) is 14.3 Å². The number of nitrogens with zero attached hydrogens (tertiary/aromatic N) is 2. The molecule has 3 aromatic rings. The number of thioether (sulfide) groups is 1. The number of rotatable bonds is 7. The molecule has 0 atom stereocenters. The Hall–Kier alpha value is -3.40. The van der Waals surface area contributed by atoms with Crippen molar-refractivity contribution in [1.29, 1.82) is 0 Å². The molecule has 0 aliphatic rings. The fraction of sp³-hybridized carbons (Fsp3) is 0.167. The Bertz CT molecular complexity index is 1020. The van der Waals surface area contributed by atoms with Crippen LogP contribution in [0.2, 0.25) is 0 Å². The SMILES string of the molecule is Cc1cc([N+](=O)[O-])ccc1NC(=O)COC(=O)CSc1nc2ccccc2o1. The zero-order chi connectivity index (χ0) is 20.1. The number of ether oxygens (including phenoxy) is 1. The van der Waals surface area contributed by atoms with E-state index in [1.54, 1.807) is 19.1 Å². The molecule has 1 amide bonds. The first kappa shape index (κ1) is 19.4. The monoisotopic (exact) mass is 401 g/mol. The third-order valence-electron chi connectivity index (χ3n) is 3.65. The van der Waals surface area contributed by atoms with E-state index in [-0.39, 0.29) is 11.4 Å². The van der Waals surface area contributed by atoms with E-state index in [0.717, 1.165) is 11.8 Å². The molecule has 0 unspecified atom stereocenters. The normalized spacial score (nSPS) is 10.6. The van der Waals surface area contributed by atoms with Gasteiger partial charge >= 0.3 is 5.97 Å². The number of amides is 1. The van der Waals surface area contributed by atoms with Crippen LogP contribution in [0, 0.1) is 17.0 Å². The zero-order valence-electron chi connectivity index (χ0n) is 14.7. The molecule has 0 aliphatic heterocycles. The molecule has 0 spiro atoms. The number of benzene rings is 2. The van der Waals surface area contributed by atoms with Gasteiger partial charge in [0.25, 0.3) is 16.8 Å². The van der Waals surface area contributed by atoms with E-state index in [4.69, 9.17) is 9.15 Å². The molecule has 10 heteroatoms. The van der Waals surface area contributed by atoms with Gasteiger partial charge in [-0.3, -0.25) is 19.7 Å². The molecule has 0 saturated heterocycles. The molecular formula is C18H15N3O6S. The summed E-state index contributed by atoms with van der Waals surface area (Å²) in [6, 6.07) is 11.3. The molecule has 2 aromatic carbocycles. The molecule has 1 aromatic heterocycles. The number of aromatic nitrogens is 1. The number of esters is 1. The number of non-ortho nitro benzene ring substituents is 1. The Balaban J connectivity index is 1.46. The number of nitro benzene ring substituents is 1. The highest BCUT2D eigenvalue weighted by Gasteiger charge is 2.13. The van der Waals surface area contributed by atoms with Gasteiger partial charge in [-0.15, -0.1) is 0 Å². The summed E-state index contributed by atoms with van der Waals surface area (Å²) in [6.45, 7) is 1.16. The maximum atomic E-state index is 11.9. The average Bonchev–Trinajstić information content (AvgIpc) is 3.09. The quantitative estimate of drug-likeness (QED) is 0.277. The summed E-state index contributed by atoms with van der Waals surface area (Å²) in [5.74, 6) is -1.20. The molecule has 1 N–H and O–H groups in total. The third kappa shape index (κ3) is 4.86. The molecule has 144 valence electrons. The molecule has 0 bridgehead atoms. The van der Waals surface area contributed by atoms with E-state index < -0.39 is 23.4 Å². The van der Waals surface area contributed by atoms with Crippen molar-refractivity contribution in [2.75, 3.05) is 17.7 Å². The average molecular weight is 401 g/mol. The van der Waals surface area contributed by atoms with Crippen LogP contribution in [0.5, 0.6) is 0 Å². The van der Waals surface area contributed by atoms with Gasteiger partial charge in [0.2, 0.25) is 0 Å². The zero-order valence-corrected chi connectivity index (χ0v) is 15.5. The predicted molar refractivity (Wildman–Crippen MR) is 102 cm³/mol. The van der Waals surface area contributed by atoms with Gasteiger partial charge in [0, 0.05) is 17.8 Å². The molecular weight excluding hydrogens is 386 g/mol. The number of oxazole rings is 1. The molecule has 1 heterocycles. The lowest BCUT2D eigenvalue weighted by molar-refractivity contribution is -0.384. The smallest absolute Gasteiger partial charge is 0.316 e. The van der Waals surface area contributed by atoms with Gasteiger partial charge in [-0.1, -0.05) is 23.9 Å². The number of hydrogen-bond donors (Lipinski definition) is 1. The highest BCUT2D eigenvalue weighted by Crippen LogP contribution is 2.23. The molecule has 0 fully saturated rings. The second-order valence-corrected chi connectivity index (χ2v) is 6.63. The number of anilines is 1.